The predicted octanol–water partition coefficient (Wildman–Crippen LogP) is 5.13. The van der Waals surface area contributed by atoms with Gasteiger partial charge in [-0.3, -0.25) is 0 Å². The lowest BCUT2D eigenvalue weighted by molar-refractivity contribution is 0.424. The fourth-order valence-electron chi connectivity index (χ4n) is 3.30. The van der Waals surface area contributed by atoms with Gasteiger partial charge in [-0.2, -0.15) is 0 Å². The summed E-state index contributed by atoms with van der Waals surface area (Å²) >= 11 is 0. The van der Waals surface area contributed by atoms with E-state index in [9.17, 15) is 0 Å². The number of hydrogen-bond donors (Lipinski definition) is 2. The van der Waals surface area contributed by atoms with Gasteiger partial charge in [-0.25, -0.2) is 0 Å². The third-order valence-electron chi connectivity index (χ3n) is 5.03. The van der Waals surface area contributed by atoms with Gasteiger partial charge in [-0.15, -0.1) is 0 Å². The zero-order chi connectivity index (χ0) is 18.7. The molecule has 3 aromatic rings. The van der Waals surface area contributed by atoms with Crippen LogP contribution in [-0.2, 0) is 13.0 Å². The summed E-state index contributed by atoms with van der Waals surface area (Å²) in [6.07, 6.45) is 2.21. The first-order chi connectivity index (χ1) is 13.3. The molecular formula is C25H30N2. The zero-order valence-corrected chi connectivity index (χ0v) is 16.1. The highest BCUT2D eigenvalue weighted by Crippen LogP contribution is 2.12. The largest absolute Gasteiger partial charge is 0.309 e. The van der Waals surface area contributed by atoms with Crippen molar-refractivity contribution in [1.29, 1.82) is 0 Å². The maximum absolute atomic E-state index is 3.75. The van der Waals surface area contributed by atoms with Crippen LogP contribution in [-0.4, -0.2) is 12.6 Å². The van der Waals surface area contributed by atoms with E-state index in [-0.39, 0.29) is 0 Å². The molecule has 0 aliphatic carbocycles. The molecule has 0 heterocycles. The van der Waals surface area contributed by atoms with Crippen LogP contribution in [0.25, 0.3) is 0 Å². The minimum atomic E-state index is 0.351. The molecule has 27 heavy (non-hydrogen) atoms. The lowest BCUT2D eigenvalue weighted by atomic mass is 10.0. The molecule has 0 aliphatic heterocycles. The van der Waals surface area contributed by atoms with Gasteiger partial charge in [-0.05, 0) is 36.5 Å². The molecule has 0 fully saturated rings. The van der Waals surface area contributed by atoms with Gasteiger partial charge in [0.15, 0.2) is 0 Å². The van der Waals surface area contributed by atoms with Crippen LogP contribution in [0.4, 0.5) is 0 Å². The summed E-state index contributed by atoms with van der Waals surface area (Å²) in [5.74, 6) is 0. The van der Waals surface area contributed by atoms with Gasteiger partial charge in [0.1, 0.15) is 0 Å². The van der Waals surface area contributed by atoms with Crippen molar-refractivity contribution in [3.63, 3.8) is 0 Å². The van der Waals surface area contributed by atoms with Gasteiger partial charge < -0.3 is 10.6 Å². The van der Waals surface area contributed by atoms with Gasteiger partial charge in [0.25, 0.3) is 0 Å². The maximum Gasteiger partial charge on any atom is 0.0292 e. The second kappa shape index (κ2) is 10.7. The summed E-state index contributed by atoms with van der Waals surface area (Å²) in [7, 11) is 0. The van der Waals surface area contributed by atoms with E-state index in [0.717, 1.165) is 25.9 Å². The van der Waals surface area contributed by atoms with Gasteiger partial charge in [0.2, 0.25) is 0 Å². The van der Waals surface area contributed by atoms with E-state index >= 15 is 0 Å². The SMILES string of the molecule is C[C@@H](NC[C@H](CCc1ccccc1)NCc1ccccc1)c1ccccc1. The van der Waals surface area contributed by atoms with Crippen molar-refractivity contribution in [2.45, 2.75) is 38.4 Å². The molecule has 0 amide bonds. The Morgan fingerprint density at radius 1 is 0.667 bits per heavy atom. The monoisotopic (exact) mass is 358 g/mol. The third-order valence-corrected chi connectivity index (χ3v) is 5.03. The summed E-state index contributed by atoms with van der Waals surface area (Å²) in [5.41, 5.74) is 4.07. The number of benzene rings is 3. The minimum absolute atomic E-state index is 0.351. The Bertz CT molecular complexity index is 713. The fraction of sp³-hybridized carbons (Fsp3) is 0.280. The lowest BCUT2D eigenvalue weighted by Crippen LogP contribution is -2.39. The number of rotatable bonds is 10. The summed E-state index contributed by atoms with van der Waals surface area (Å²) in [5, 5.41) is 7.46. The van der Waals surface area contributed by atoms with Crippen LogP contribution in [0.15, 0.2) is 91.0 Å². The molecule has 0 unspecified atom stereocenters. The molecule has 2 heteroatoms. The van der Waals surface area contributed by atoms with E-state index in [1.54, 1.807) is 0 Å². The number of hydrogen-bond acceptors (Lipinski definition) is 2. The van der Waals surface area contributed by atoms with Gasteiger partial charge >= 0.3 is 0 Å². The van der Waals surface area contributed by atoms with E-state index in [2.05, 4.69) is 109 Å². The highest BCUT2D eigenvalue weighted by Gasteiger charge is 2.11. The van der Waals surface area contributed by atoms with Crippen molar-refractivity contribution < 1.29 is 0 Å². The van der Waals surface area contributed by atoms with Crippen molar-refractivity contribution >= 4 is 0 Å². The highest BCUT2D eigenvalue weighted by atomic mass is 15.0. The first-order valence-electron chi connectivity index (χ1n) is 9.91. The second-order valence-electron chi connectivity index (χ2n) is 7.13. The maximum atomic E-state index is 3.75. The van der Waals surface area contributed by atoms with Crippen molar-refractivity contribution in [3.8, 4) is 0 Å². The van der Waals surface area contributed by atoms with Crippen molar-refractivity contribution in [1.82, 2.24) is 10.6 Å². The smallest absolute Gasteiger partial charge is 0.0292 e. The molecule has 0 spiro atoms. The predicted molar refractivity (Wildman–Crippen MR) is 115 cm³/mol. The van der Waals surface area contributed by atoms with E-state index in [1.165, 1.54) is 16.7 Å². The first kappa shape index (κ1) is 19.3. The zero-order valence-electron chi connectivity index (χ0n) is 16.1. The van der Waals surface area contributed by atoms with Crippen LogP contribution in [0.2, 0.25) is 0 Å². The summed E-state index contributed by atoms with van der Waals surface area (Å²) in [6.45, 7) is 4.10. The van der Waals surface area contributed by atoms with E-state index in [0.29, 0.717) is 12.1 Å². The van der Waals surface area contributed by atoms with Crippen molar-refractivity contribution in [2.24, 2.45) is 0 Å². The van der Waals surface area contributed by atoms with Gasteiger partial charge in [0, 0.05) is 25.2 Å². The molecule has 140 valence electrons. The first-order valence-corrected chi connectivity index (χ1v) is 9.91. The Morgan fingerprint density at radius 3 is 1.85 bits per heavy atom. The topological polar surface area (TPSA) is 24.1 Å². The molecule has 2 atom stereocenters. The quantitative estimate of drug-likeness (QED) is 0.525. The number of aryl methyl sites for hydroxylation is 1. The molecule has 0 aliphatic rings. The third kappa shape index (κ3) is 6.67. The van der Waals surface area contributed by atoms with Gasteiger partial charge in [0.05, 0.1) is 0 Å². The average Bonchev–Trinajstić information content (AvgIpc) is 2.75. The van der Waals surface area contributed by atoms with Crippen LogP contribution in [0.1, 0.15) is 36.1 Å². The molecule has 0 saturated carbocycles. The Balaban J connectivity index is 1.56. The highest BCUT2D eigenvalue weighted by molar-refractivity contribution is 5.18. The van der Waals surface area contributed by atoms with Crippen LogP contribution in [0.3, 0.4) is 0 Å². The second-order valence-corrected chi connectivity index (χ2v) is 7.13. The van der Waals surface area contributed by atoms with Crippen molar-refractivity contribution in [2.75, 3.05) is 6.54 Å². The summed E-state index contributed by atoms with van der Waals surface area (Å²) in [4.78, 5) is 0. The Morgan fingerprint density at radius 2 is 1.22 bits per heavy atom. The minimum Gasteiger partial charge on any atom is -0.309 e. The molecule has 3 aromatic carbocycles. The van der Waals surface area contributed by atoms with Crippen LogP contribution in [0, 0.1) is 0 Å². The normalized spacial score (nSPS) is 13.2. The molecule has 0 aromatic heterocycles. The van der Waals surface area contributed by atoms with E-state index < -0.39 is 0 Å². The molecule has 3 rings (SSSR count). The molecule has 0 radical (unpaired) electrons. The summed E-state index contributed by atoms with van der Waals surface area (Å²) < 4.78 is 0. The molecular weight excluding hydrogens is 328 g/mol. The number of nitrogens with one attached hydrogen (secondary N) is 2. The van der Waals surface area contributed by atoms with Crippen molar-refractivity contribution in [3.05, 3.63) is 108 Å². The average molecular weight is 359 g/mol. The molecule has 2 N–H and O–H groups in total. The fourth-order valence-corrected chi connectivity index (χ4v) is 3.30. The lowest BCUT2D eigenvalue weighted by Gasteiger charge is -2.23. The molecule has 0 saturated heterocycles. The van der Waals surface area contributed by atoms with Gasteiger partial charge in [-0.1, -0.05) is 91.0 Å². The van der Waals surface area contributed by atoms with Crippen LogP contribution < -0.4 is 10.6 Å². The standard InChI is InChI=1S/C25H30N2/c1-21(24-15-9-4-10-16-24)26-20-25(18-17-22-11-5-2-6-12-22)27-19-23-13-7-3-8-14-23/h2-16,21,25-27H,17-20H2,1H3/t21-,25+/m1/s1. The van der Waals surface area contributed by atoms with E-state index in [1.807, 2.05) is 0 Å². The Labute approximate surface area is 163 Å². The van der Waals surface area contributed by atoms with E-state index in [4.69, 9.17) is 0 Å². The Kier molecular flexibility index (Phi) is 7.64. The molecule has 2 nitrogen and oxygen atoms in total. The van der Waals surface area contributed by atoms with Crippen LogP contribution in [0.5, 0.6) is 0 Å². The Hall–Kier alpha value is -2.42. The summed E-state index contributed by atoms with van der Waals surface area (Å²) in [6, 6.07) is 32.8. The van der Waals surface area contributed by atoms with Crippen LogP contribution >= 0.6 is 0 Å². The molecule has 0 bridgehead atoms.